The van der Waals surface area contributed by atoms with Gasteiger partial charge < -0.3 is 9.88 Å². The fourth-order valence-corrected chi connectivity index (χ4v) is 3.56. The molecule has 3 aromatic rings. The van der Waals surface area contributed by atoms with Gasteiger partial charge in [0.25, 0.3) is 0 Å². The van der Waals surface area contributed by atoms with Gasteiger partial charge in [0.2, 0.25) is 5.91 Å². The number of nitriles is 1. The second-order valence-electron chi connectivity index (χ2n) is 5.57. The topological polar surface area (TPSA) is 70.7 Å². The molecule has 1 N–H and O–H groups in total. The maximum absolute atomic E-state index is 12.5. The summed E-state index contributed by atoms with van der Waals surface area (Å²) < 4.78 is 2.11. The van der Waals surface area contributed by atoms with E-state index in [1.165, 1.54) is 11.8 Å². The minimum atomic E-state index is -0.312. The Labute approximate surface area is 150 Å². The number of nitrogens with zero attached hydrogens (tertiary/aromatic N) is 3. The smallest absolute Gasteiger partial charge is 0.237 e. The van der Waals surface area contributed by atoms with Crippen molar-refractivity contribution < 1.29 is 4.79 Å². The molecule has 25 heavy (non-hydrogen) atoms. The van der Waals surface area contributed by atoms with Gasteiger partial charge in [-0.1, -0.05) is 30.0 Å². The number of amides is 1. The maximum atomic E-state index is 12.5. The van der Waals surface area contributed by atoms with E-state index in [9.17, 15) is 4.79 Å². The van der Waals surface area contributed by atoms with Gasteiger partial charge in [-0.15, -0.1) is 0 Å². The zero-order valence-electron chi connectivity index (χ0n) is 14.1. The van der Waals surface area contributed by atoms with Crippen LogP contribution in [0.4, 0.5) is 5.69 Å². The Morgan fingerprint density at radius 3 is 2.88 bits per heavy atom. The zero-order valence-corrected chi connectivity index (χ0v) is 14.9. The lowest BCUT2D eigenvalue weighted by molar-refractivity contribution is -0.115. The number of benzene rings is 2. The number of imidazole rings is 1. The molecule has 0 spiro atoms. The van der Waals surface area contributed by atoms with Crippen molar-refractivity contribution in [1.29, 1.82) is 5.26 Å². The van der Waals surface area contributed by atoms with Gasteiger partial charge in [-0.05, 0) is 44.2 Å². The predicted octanol–water partition coefficient (Wildman–Crippen LogP) is 4.05. The Hall–Kier alpha value is -2.78. The summed E-state index contributed by atoms with van der Waals surface area (Å²) in [5.74, 6) is -0.116. The summed E-state index contributed by atoms with van der Waals surface area (Å²) in [6.07, 6.45) is 0. The molecule has 0 aliphatic heterocycles. The first-order valence-electron chi connectivity index (χ1n) is 8.05. The van der Waals surface area contributed by atoms with E-state index >= 15 is 0 Å². The summed E-state index contributed by atoms with van der Waals surface area (Å²) in [5.41, 5.74) is 3.15. The number of aromatic nitrogens is 2. The van der Waals surface area contributed by atoms with Crippen molar-refractivity contribution in [3.8, 4) is 6.07 Å². The molecule has 0 fully saturated rings. The fourth-order valence-electron chi connectivity index (χ4n) is 2.57. The molecule has 3 rings (SSSR count). The Morgan fingerprint density at radius 2 is 2.12 bits per heavy atom. The van der Waals surface area contributed by atoms with Crippen molar-refractivity contribution in [1.82, 2.24) is 9.55 Å². The van der Waals surface area contributed by atoms with Gasteiger partial charge in [-0.3, -0.25) is 4.79 Å². The number of fused-ring (bicyclic) bond motifs is 1. The summed E-state index contributed by atoms with van der Waals surface area (Å²) >= 11 is 1.43. The molecule has 0 saturated heterocycles. The zero-order chi connectivity index (χ0) is 17.8. The number of aryl methyl sites for hydroxylation is 1. The van der Waals surface area contributed by atoms with Gasteiger partial charge in [0.05, 0.1) is 27.9 Å². The normalized spacial score (nSPS) is 11.9. The van der Waals surface area contributed by atoms with Crippen LogP contribution < -0.4 is 5.32 Å². The van der Waals surface area contributed by atoms with E-state index in [4.69, 9.17) is 5.26 Å². The van der Waals surface area contributed by atoms with E-state index in [0.717, 1.165) is 22.7 Å². The number of anilines is 1. The third-order valence-corrected chi connectivity index (χ3v) is 4.94. The predicted molar refractivity (Wildman–Crippen MR) is 101 cm³/mol. The number of carbonyl (C=O) groups excluding carboxylic acids is 1. The summed E-state index contributed by atoms with van der Waals surface area (Å²) in [7, 11) is 0. The molecular weight excluding hydrogens is 332 g/mol. The number of nitrogens with one attached hydrogen (secondary N) is 1. The van der Waals surface area contributed by atoms with Crippen molar-refractivity contribution in [2.24, 2.45) is 0 Å². The lowest BCUT2D eigenvalue weighted by Crippen LogP contribution is -2.23. The van der Waals surface area contributed by atoms with Gasteiger partial charge >= 0.3 is 0 Å². The molecule has 2 aromatic carbocycles. The number of thioether (sulfide) groups is 1. The van der Waals surface area contributed by atoms with Crippen LogP contribution in [0.5, 0.6) is 0 Å². The Balaban J connectivity index is 1.76. The average molecular weight is 350 g/mol. The number of carbonyl (C=O) groups is 1. The first kappa shape index (κ1) is 17.1. The van der Waals surface area contributed by atoms with E-state index < -0.39 is 0 Å². The molecule has 1 unspecified atom stereocenters. The lowest BCUT2D eigenvalue weighted by atomic mass is 10.2. The first-order chi connectivity index (χ1) is 12.1. The van der Waals surface area contributed by atoms with Crippen molar-refractivity contribution in [2.45, 2.75) is 30.8 Å². The largest absolute Gasteiger partial charge is 0.325 e. The van der Waals surface area contributed by atoms with E-state index in [-0.39, 0.29) is 11.2 Å². The Morgan fingerprint density at radius 1 is 1.32 bits per heavy atom. The van der Waals surface area contributed by atoms with Crippen LogP contribution in [0.3, 0.4) is 0 Å². The van der Waals surface area contributed by atoms with Gasteiger partial charge in [0, 0.05) is 12.2 Å². The number of para-hydroxylation sites is 2. The van der Waals surface area contributed by atoms with Crippen LogP contribution in [-0.4, -0.2) is 20.7 Å². The van der Waals surface area contributed by atoms with Crippen LogP contribution >= 0.6 is 11.8 Å². The van der Waals surface area contributed by atoms with Crippen LogP contribution in [0, 0.1) is 11.3 Å². The number of hydrogen-bond acceptors (Lipinski definition) is 4. The lowest BCUT2D eigenvalue weighted by Gasteiger charge is -2.12. The van der Waals surface area contributed by atoms with Gasteiger partial charge in [0.1, 0.15) is 0 Å². The van der Waals surface area contributed by atoms with E-state index in [2.05, 4.69) is 27.9 Å². The van der Waals surface area contributed by atoms with E-state index in [1.54, 1.807) is 24.3 Å². The quantitative estimate of drug-likeness (QED) is 0.705. The Kier molecular flexibility index (Phi) is 5.05. The SMILES string of the molecule is CCn1c(SC(C)C(=O)Nc2cccc(C#N)c2)nc2ccccc21. The van der Waals surface area contributed by atoms with Crippen LogP contribution in [-0.2, 0) is 11.3 Å². The molecule has 6 heteroatoms. The molecule has 0 bridgehead atoms. The summed E-state index contributed by atoms with van der Waals surface area (Å²) in [4.78, 5) is 17.1. The average Bonchev–Trinajstić information content (AvgIpc) is 2.98. The van der Waals surface area contributed by atoms with E-state index in [0.29, 0.717) is 11.3 Å². The van der Waals surface area contributed by atoms with Crippen LogP contribution in [0.15, 0.2) is 53.7 Å². The van der Waals surface area contributed by atoms with Crippen LogP contribution in [0.25, 0.3) is 11.0 Å². The second-order valence-corrected chi connectivity index (χ2v) is 6.88. The summed E-state index contributed by atoms with van der Waals surface area (Å²) in [6.45, 7) is 4.71. The molecule has 0 radical (unpaired) electrons. The molecule has 1 heterocycles. The van der Waals surface area contributed by atoms with Crippen LogP contribution in [0.2, 0.25) is 0 Å². The van der Waals surface area contributed by atoms with Crippen LogP contribution in [0.1, 0.15) is 19.4 Å². The minimum absolute atomic E-state index is 0.116. The highest BCUT2D eigenvalue weighted by molar-refractivity contribution is 8.00. The highest BCUT2D eigenvalue weighted by Crippen LogP contribution is 2.27. The minimum Gasteiger partial charge on any atom is -0.325 e. The molecule has 0 aliphatic carbocycles. The molecule has 0 aliphatic rings. The molecule has 126 valence electrons. The molecule has 1 atom stereocenters. The monoisotopic (exact) mass is 350 g/mol. The van der Waals surface area contributed by atoms with Crippen molar-refractivity contribution >= 4 is 34.4 Å². The van der Waals surface area contributed by atoms with Crippen molar-refractivity contribution in [3.05, 3.63) is 54.1 Å². The molecular formula is C19H18N4OS. The van der Waals surface area contributed by atoms with Gasteiger partial charge in [-0.25, -0.2) is 4.98 Å². The third kappa shape index (κ3) is 3.67. The molecule has 0 saturated carbocycles. The van der Waals surface area contributed by atoms with E-state index in [1.807, 2.05) is 31.2 Å². The number of rotatable bonds is 5. The Bertz CT molecular complexity index is 957. The van der Waals surface area contributed by atoms with Crippen molar-refractivity contribution in [2.75, 3.05) is 5.32 Å². The fraction of sp³-hybridized carbons (Fsp3) is 0.211. The summed E-state index contributed by atoms with van der Waals surface area (Å²) in [6, 6.07) is 16.9. The van der Waals surface area contributed by atoms with Gasteiger partial charge in [0.15, 0.2) is 5.16 Å². The third-order valence-electron chi connectivity index (χ3n) is 3.85. The molecule has 5 nitrogen and oxygen atoms in total. The second kappa shape index (κ2) is 7.41. The summed E-state index contributed by atoms with van der Waals surface area (Å²) in [5, 5.41) is 12.3. The molecule has 1 aromatic heterocycles. The maximum Gasteiger partial charge on any atom is 0.237 e. The van der Waals surface area contributed by atoms with Gasteiger partial charge in [-0.2, -0.15) is 5.26 Å². The van der Waals surface area contributed by atoms with Crippen molar-refractivity contribution in [3.63, 3.8) is 0 Å². The highest BCUT2D eigenvalue weighted by atomic mass is 32.2. The molecule has 1 amide bonds. The standard InChI is InChI=1S/C19H18N4OS/c1-3-23-17-10-5-4-9-16(17)22-19(23)25-13(2)18(24)21-15-8-6-7-14(11-15)12-20/h4-11,13H,3H2,1-2H3,(H,21,24). The first-order valence-corrected chi connectivity index (χ1v) is 8.93. The number of hydrogen-bond donors (Lipinski definition) is 1. The highest BCUT2D eigenvalue weighted by Gasteiger charge is 2.19.